The zero-order valence-electron chi connectivity index (χ0n) is 21.3. The van der Waals surface area contributed by atoms with Gasteiger partial charge in [-0.3, -0.25) is 0 Å². The summed E-state index contributed by atoms with van der Waals surface area (Å²) in [6.07, 6.45) is 9.85. The van der Waals surface area contributed by atoms with Crippen LogP contribution in [0.2, 0.25) is 0 Å². The lowest BCUT2D eigenvalue weighted by Gasteiger charge is -2.19. The van der Waals surface area contributed by atoms with Crippen molar-refractivity contribution in [2.24, 2.45) is 11.8 Å². The zero-order valence-corrected chi connectivity index (χ0v) is 21.3. The first-order chi connectivity index (χ1) is 15.3. The lowest BCUT2D eigenvalue weighted by Crippen LogP contribution is -2.20. The minimum atomic E-state index is -0.312. The van der Waals surface area contributed by atoms with Crippen LogP contribution >= 0.6 is 0 Å². The average Bonchev–Trinajstić information content (AvgIpc) is 2.77. The van der Waals surface area contributed by atoms with Crippen molar-refractivity contribution in [3.05, 3.63) is 35.4 Å². The summed E-state index contributed by atoms with van der Waals surface area (Å²) in [6.45, 7) is 13.0. The van der Waals surface area contributed by atoms with Gasteiger partial charge in [-0.05, 0) is 74.6 Å². The van der Waals surface area contributed by atoms with Crippen molar-refractivity contribution in [2.45, 2.75) is 118 Å². The van der Waals surface area contributed by atoms with Crippen LogP contribution in [-0.4, -0.2) is 24.1 Å². The maximum Gasteiger partial charge on any atom is 0.338 e. The summed E-state index contributed by atoms with van der Waals surface area (Å²) in [4.78, 5) is 25.3. The number of unbranched alkanes of at least 4 members (excludes halogenated alkanes) is 2. The molecular weight excluding hydrogens is 400 g/mol. The molecule has 0 saturated heterocycles. The van der Waals surface area contributed by atoms with Crippen LogP contribution in [0.3, 0.4) is 0 Å². The van der Waals surface area contributed by atoms with E-state index >= 15 is 0 Å². The molecule has 0 amide bonds. The summed E-state index contributed by atoms with van der Waals surface area (Å²) in [7, 11) is 0. The molecule has 182 valence electrons. The van der Waals surface area contributed by atoms with Crippen molar-refractivity contribution < 1.29 is 19.1 Å². The molecular formula is C28H46O4. The van der Waals surface area contributed by atoms with Crippen LogP contribution < -0.4 is 0 Å². The van der Waals surface area contributed by atoms with Gasteiger partial charge >= 0.3 is 11.9 Å². The number of ether oxygens (including phenoxy) is 2. The molecule has 0 N–H and O–H groups in total. The molecule has 0 heterocycles. The highest BCUT2D eigenvalue weighted by atomic mass is 16.5. The average molecular weight is 447 g/mol. The number of carbonyl (C=O) groups excluding carboxylic acids is 2. The normalized spacial score (nSPS) is 13.2. The van der Waals surface area contributed by atoms with Crippen LogP contribution in [0.15, 0.2) is 24.3 Å². The molecule has 32 heavy (non-hydrogen) atoms. The summed E-state index contributed by atoms with van der Waals surface area (Å²) in [5.74, 6) is 0.551. The third-order valence-corrected chi connectivity index (χ3v) is 5.80. The minimum Gasteiger partial charge on any atom is -0.459 e. The smallest absolute Gasteiger partial charge is 0.338 e. The van der Waals surface area contributed by atoms with E-state index in [1.54, 1.807) is 24.3 Å². The number of rotatable bonds is 16. The molecule has 0 bridgehead atoms. The summed E-state index contributed by atoms with van der Waals surface area (Å²) in [5, 5.41) is 0. The monoisotopic (exact) mass is 446 g/mol. The van der Waals surface area contributed by atoms with Crippen molar-refractivity contribution in [1.29, 1.82) is 0 Å². The Morgan fingerprint density at radius 1 is 0.625 bits per heavy atom. The Bertz CT molecular complexity index is 591. The number of esters is 2. The SMILES string of the molecule is CCCCC(CCC(C)C)OC(=O)c1ccc(C(=O)OC(CCCC)CCC(C)C)cc1. The zero-order chi connectivity index (χ0) is 23.9. The first-order valence-electron chi connectivity index (χ1n) is 12.8. The van der Waals surface area contributed by atoms with Gasteiger partial charge in [-0.1, -0.05) is 67.2 Å². The van der Waals surface area contributed by atoms with Gasteiger partial charge in [0.05, 0.1) is 11.1 Å². The van der Waals surface area contributed by atoms with Gasteiger partial charge in [-0.15, -0.1) is 0 Å². The van der Waals surface area contributed by atoms with Crippen molar-refractivity contribution in [3.63, 3.8) is 0 Å². The summed E-state index contributed by atoms with van der Waals surface area (Å²) < 4.78 is 11.6. The van der Waals surface area contributed by atoms with Gasteiger partial charge in [0, 0.05) is 0 Å². The van der Waals surface area contributed by atoms with E-state index in [9.17, 15) is 9.59 Å². The fourth-order valence-electron chi connectivity index (χ4n) is 3.61. The Hall–Kier alpha value is -1.84. The lowest BCUT2D eigenvalue weighted by atomic mass is 10.0. The highest BCUT2D eigenvalue weighted by molar-refractivity contribution is 5.93. The Kier molecular flexibility index (Phi) is 14.0. The van der Waals surface area contributed by atoms with E-state index < -0.39 is 0 Å². The van der Waals surface area contributed by atoms with Crippen LogP contribution in [0.4, 0.5) is 0 Å². The van der Waals surface area contributed by atoms with Crippen molar-refractivity contribution in [2.75, 3.05) is 0 Å². The molecule has 1 rings (SSSR count). The second-order valence-electron chi connectivity index (χ2n) is 9.86. The molecule has 4 nitrogen and oxygen atoms in total. The van der Waals surface area contributed by atoms with Crippen LogP contribution in [0.25, 0.3) is 0 Å². The predicted octanol–water partition coefficient (Wildman–Crippen LogP) is 7.99. The molecule has 0 aromatic heterocycles. The van der Waals surface area contributed by atoms with E-state index in [0.717, 1.165) is 64.2 Å². The van der Waals surface area contributed by atoms with Gasteiger partial charge in [-0.25, -0.2) is 9.59 Å². The van der Waals surface area contributed by atoms with Crippen LogP contribution in [0.1, 0.15) is 126 Å². The topological polar surface area (TPSA) is 52.6 Å². The fourth-order valence-corrected chi connectivity index (χ4v) is 3.61. The first kappa shape index (κ1) is 28.2. The number of benzene rings is 1. The summed E-state index contributed by atoms with van der Waals surface area (Å²) in [6, 6.07) is 6.70. The van der Waals surface area contributed by atoms with E-state index in [-0.39, 0.29) is 24.1 Å². The summed E-state index contributed by atoms with van der Waals surface area (Å²) >= 11 is 0. The predicted molar refractivity (Wildman–Crippen MR) is 132 cm³/mol. The number of carbonyl (C=O) groups is 2. The third kappa shape index (κ3) is 11.7. The van der Waals surface area contributed by atoms with Crippen molar-refractivity contribution in [1.82, 2.24) is 0 Å². The Labute approximate surface area is 196 Å². The Balaban J connectivity index is 2.71. The second-order valence-corrected chi connectivity index (χ2v) is 9.86. The van der Waals surface area contributed by atoms with E-state index in [1.807, 2.05) is 0 Å². The Morgan fingerprint density at radius 3 is 1.25 bits per heavy atom. The lowest BCUT2D eigenvalue weighted by molar-refractivity contribution is 0.0229. The standard InChI is InChI=1S/C28H46O4/c1-7-9-11-25(19-13-21(3)4)31-27(29)23-15-17-24(18-16-23)28(30)32-26(12-10-8-2)20-14-22(5)6/h15-18,21-22,25-26H,7-14,19-20H2,1-6H3. The molecule has 2 unspecified atom stereocenters. The quantitative estimate of drug-likeness (QED) is 0.241. The molecule has 0 saturated carbocycles. The maximum absolute atomic E-state index is 12.7. The first-order valence-corrected chi connectivity index (χ1v) is 12.8. The van der Waals surface area contributed by atoms with E-state index in [4.69, 9.17) is 9.47 Å². The highest BCUT2D eigenvalue weighted by Crippen LogP contribution is 2.19. The van der Waals surface area contributed by atoms with Gasteiger partial charge in [0.15, 0.2) is 0 Å². The molecule has 1 aromatic rings. The van der Waals surface area contributed by atoms with E-state index in [0.29, 0.717) is 23.0 Å². The fraction of sp³-hybridized carbons (Fsp3) is 0.714. The number of hydrogen-bond acceptors (Lipinski definition) is 4. The van der Waals surface area contributed by atoms with Gasteiger partial charge in [-0.2, -0.15) is 0 Å². The van der Waals surface area contributed by atoms with Gasteiger partial charge in [0.25, 0.3) is 0 Å². The molecule has 0 aliphatic heterocycles. The van der Waals surface area contributed by atoms with Crippen LogP contribution in [0, 0.1) is 11.8 Å². The molecule has 1 aromatic carbocycles. The molecule has 0 spiro atoms. The van der Waals surface area contributed by atoms with Crippen molar-refractivity contribution >= 4 is 11.9 Å². The second kappa shape index (κ2) is 15.9. The molecule has 2 atom stereocenters. The van der Waals surface area contributed by atoms with E-state index in [2.05, 4.69) is 41.5 Å². The molecule has 0 aliphatic rings. The molecule has 0 aliphatic carbocycles. The largest absolute Gasteiger partial charge is 0.459 e. The Morgan fingerprint density at radius 2 is 0.969 bits per heavy atom. The molecule has 0 fully saturated rings. The summed E-state index contributed by atoms with van der Waals surface area (Å²) in [5.41, 5.74) is 0.963. The third-order valence-electron chi connectivity index (χ3n) is 5.80. The van der Waals surface area contributed by atoms with Gasteiger partial charge in [0.1, 0.15) is 12.2 Å². The van der Waals surface area contributed by atoms with Crippen molar-refractivity contribution in [3.8, 4) is 0 Å². The minimum absolute atomic E-state index is 0.0465. The van der Waals surface area contributed by atoms with E-state index in [1.165, 1.54) is 0 Å². The number of hydrogen-bond donors (Lipinski definition) is 0. The van der Waals surface area contributed by atoms with Gasteiger partial charge < -0.3 is 9.47 Å². The highest BCUT2D eigenvalue weighted by Gasteiger charge is 2.19. The molecule has 0 radical (unpaired) electrons. The van der Waals surface area contributed by atoms with Crippen LogP contribution in [-0.2, 0) is 9.47 Å². The molecule has 4 heteroatoms. The van der Waals surface area contributed by atoms with Crippen LogP contribution in [0.5, 0.6) is 0 Å². The van der Waals surface area contributed by atoms with Gasteiger partial charge in [0.2, 0.25) is 0 Å². The maximum atomic E-state index is 12.7.